The van der Waals surface area contributed by atoms with Crippen molar-refractivity contribution in [1.82, 2.24) is 0 Å². The summed E-state index contributed by atoms with van der Waals surface area (Å²) in [6.07, 6.45) is 15.2. The van der Waals surface area contributed by atoms with Gasteiger partial charge in [0.1, 0.15) is 0 Å². The highest BCUT2D eigenvalue weighted by molar-refractivity contribution is 7.99. The molecule has 8 atom stereocenters. The van der Waals surface area contributed by atoms with Crippen LogP contribution in [0.4, 0.5) is 0 Å². The highest BCUT2D eigenvalue weighted by Gasteiger charge is 2.60. The first-order valence-corrected chi connectivity index (χ1v) is 13.6. The Balaban J connectivity index is 1.46. The van der Waals surface area contributed by atoms with Gasteiger partial charge in [-0.15, -0.1) is 0 Å². The van der Waals surface area contributed by atoms with Crippen molar-refractivity contribution in [2.75, 3.05) is 11.5 Å². The molecule has 0 aromatic rings. The molecule has 0 unspecified atom stereocenters. The van der Waals surface area contributed by atoms with Crippen molar-refractivity contribution in [1.29, 1.82) is 0 Å². The maximum Gasteiger partial charge on any atom is -0.00338 e. The van der Waals surface area contributed by atoms with E-state index in [1.54, 1.807) is 38.5 Å². The van der Waals surface area contributed by atoms with Crippen LogP contribution in [-0.2, 0) is 0 Å². The molecule has 0 spiro atoms. The lowest BCUT2D eigenvalue weighted by Crippen LogP contribution is -2.53. The van der Waals surface area contributed by atoms with Crippen LogP contribution in [-0.4, -0.2) is 11.5 Å². The smallest absolute Gasteiger partial charge is 0.00338 e. The molecule has 4 rings (SSSR count). The second kappa shape index (κ2) is 7.88. The van der Waals surface area contributed by atoms with Gasteiger partial charge in [0.15, 0.2) is 0 Å². The average Bonchev–Trinajstić information content (AvgIpc) is 2.98. The molecule has 156 valence electrons. The third-order valence-corrected chi connectivity index (χ3v) is 11.5. The summed E-state index contributed by atoms with van der Waals surface area (Å²) in [6, 6.07) is 0. The van der Waals surface area contributed by atoms with Crippen molar-refractivity contribution >= 4 is 11.8 Å². The van der Waals surface area contributed by atoms with Gasteiger partial charge in [0.25, 0.3) is 0 Å². The van der Waals surface area contributed by atoms with Crippen LogP contribution in [0, 0.1) is 52.3 Å². The summed E-state index contributed by atoms with van der Waals surface area (Å²) in [6.45, 7) is 12.9. The average molecular weight is 391 g/mol. The summed E-state index contributed by atoms with van der Waals surface area (Å²) in [4.78, 5) is 0. The Hall–Kier alpha value is 0.350. The molecule has 3 aliphatic carbocycles. The SMILES string of the molecule is CC(C)CCC[C@@H](C)[C@H]1CC[C@H]2[C@@H]3CC[C@H]4CSCC[C@]4(C)[C@H]3CC[C@]12C. The number of fused-ring (bicyclic) bond motifs is 5. The van der Waals surface area contributed by atoms with E-state index in [9.17, 15) is 0 Å². The number of rotatable bonds is 5. The van der Waals surface area contributed by atoms with Gasteiger partial charge in [-0.1, -0.05) is 53.9 Å². The molecule has 4 aliphatic rings. The van der Waals surface area contributed by atoms with E-state index in [0.717, 1.165) is 41.4 Å². The van der Waals surface area contributed by atoms with Gasteiger partial charge >= 0.3 is 0 Å². The molecule has 1 heterocycles. The van der Waals surface area contributed by atoms with Crippen LogP contribution in [0.3, 0.4) is 0 Å². The fraction of sp³-hybridized carbons (Fsp3) is 1.00. The lowest BCUT2D eigenvalue weighted by Gasteiger charge is -2.60. The second-order valence-corrected chi connectivity index (χ2v) is 13.2. The molecule has 0 radical (unpaired) electrons. The van der Waals surface area contributed by atoms with Crippen LogP contribution in [0.1, 0.15) is 98.8 Å². The molecular weight excluding hydrogens is 344 g/mol. The topological polar surface area (TPSA) is 0 Å². The zero-order valence-corrected chi connectivity index (χ0v) is 19.8. The minimum Gasteiger partial charge on any atom is -0.162 e. The molecule has 0 amide bonds. The molecule has 1 aliphatic heterocycles. The van der Waals surface area contributed by atoms with E-state index in [-0.39, 0.29) is 0 Å². The fourth-order valence-corrected chi connectivity index (χ4v) is 10.3. The lowest BCUT2D eigenvalue weighted by atomic mass is 9.46. The van der Waals surface area contributed by atoms with Crippen molar-refractivity contribution in [3.05, 3.63) is 0 Å². The standard InChI is InChI=1S/C26H46S/c1-18(2)7-6-8-19(3)22-11-12-23-21-10-9-20-17-27-16-15-25(20,4)24(21)13-14-26(22,23)5/h18-24H,6-17H2,1-5H3/t19-,20+,21+,22-,23+,24+,25+,26-/m1/s1. The van der Waals surface area contributed by atoms with Crippen molar-refractivity contribution < 1.29 is 0 Å². The molecular formula is C26H46S. The normalized spacial score (nSPS) is 48.0. The molecule has 3 saturated carbocycles. The zero-order chi connectivity index (χ0) is 19.2. The number of thioether (sulfide) groups is 1. The van der Waals surface area contributed by atoms with Gasteiger partial charge in [-0.05, 0) is 109 Å². The van der Waals surface area contributed by atoms with E-state index < -0.39 is 0 Å². The molecule has 4 fully saturated rings. The van der Waals surface area contributed by atoms with Crippen LogP contribution in [0.25, 0.3) is 0 Å². The van der Waals surface area contributed by atoms with Gasteiger partial charge in [0.2, 0.25) is 0 Å². The first kappa shape index (κ1) is 20.6. The van der Waals surface area contributed by atoms with Crippen LogP contribution < -0.4 is 0 Å². The van der Waals surface area contributed by atoms with Gasteiger partial charge in [-0.3, -0.25) is 0 Å². The van der Waals surface area contributed by atoms with E-state index in [2.05, 4.69) is 46.4 Å². The molecule has 0 N–H and O–H groups in total. The van der Waals surface area contributed by atoms with Crippen LogP contribution >= 0.6 is 11.8 Å². The molecule has 27 heavy (non-hydrogen) atoms. The minimum atomic E-state index is 0.672. The first-order valence-electron chi connectivity index (χ1n) is 12.4. The van der Waals surface area contributed by atoms with E-state index in [0.29, 0.717) is 10.8 Å². The van der Waals surface area contributed by atoms with E-state index >= 15 is 0 Å². The Labute approximate surface area is 174 Å². The number of hydrogen-bond acceptors (Lipinski definition) is 1. The summed E-state index contributed by atoms with van der Waals surface area (Å²) in [5.74, 6) is 9.98. The summed E-state index contributed by atoms with van der Waals surface area (Å²) >= 11 is 2.25. The van der Waals surface area contributed by atoms with Crippen LogP contribution in [0.15, 0.2) is 0 Å². The Bertz CT molecular complexity index is 512. The third-order valence-electron chi connectivity index (χ3n) is 10.4. The molecule has 0 aromatic heterocycles. The Morgan fingerprint density at radius 2 is 1.63 bits per heavy atom. The summed E-state index contributed by atoms with van der Waals surface area (Å²) in [5, 5.41) is 0. The maximum atomic E-state index is 2.75. The Kier molecular flexibility index (Phi) is 6.02. The molecule has 1 saturated heterocycles. The van der Waals surface area contributed by atoms with E-state index in [4.69, 9.17) is 0 Å². The van der Waals surface area contributed by atoms with E-state index in [1.165, 1.54) is 37.2 Å². The maximum absolute atomic E-state index is 2.75. The van der Waals surface area contributed by atoms with Crippen LogP contribution in [0.2, 0.25) is 0 Å². The van der Waals surface area contributed by atoms with E-state index in [1.807, 2.05) is 0 Å². The monoisotopic (exact) mass is 390 g/mol. The molecule has 1 heteroatoms. The van der Waals surface area contributed by atoms with Crippen molar-refractivity contribution in [3.8, 4) is 0 Å². The largest absolute Gasteiger partial charge is 0.162 e. The van der Waals surface area contributed by atoms with Gasteiger partial charge in [-0.25, -0.2) is 0 Å². The van der Waals surface area contributed by atoms with Crippen molar-refractivity contribution in [2.24, 2.45) is 52.3 Å². The zero-order valence-electron chi connectivity index (χ0n) is 18.9. The lowest BCUT2D eigenvalue weighted by molar-refractivity contribution is -0.0980. The van der Waals surface area contributed by atoms with Gasteiger partial charge in [0, 0.05) is 0 Å². The van der Waals surface area contributed by atoms with Crippen molar-refractivity contribution in [3.63, 3.8) is 0 Å². The highest BCUT2D eigenvalue weighted by Crippen LogP contribution is 2.68. The fourth-order valence-electron chi connectivity index (χ4n) is 8.74. The van der Waals surface area contributed by atoms with Gasteiger partial charge in [-0.2, -0.15) is 11.8 Å². The van der Waals surface area contributed by atoms with Crippen molar-refractivity contribution in [2.45, 2.75) is 98.8 Å². The Morgan fingerprint density at radius 3 is 2.41 bits per heavy atom. The highest BCUT2D eigenvalue weighted by atomic mass is 32.2. The molecule has 0 aromatic carbocycles. The summed E-state index contributed by atoms with van der Waals surface area (Å²) in [7, 11) is 0. The Morgan fingerprint density at radius 1 is 0.852 bits per heavy atom. The predicted octanol–water partition coefficient (Wildman–Crippen LogP) is 8.06. The van der Waals surface area contributed by atoms with Crippen LogP contribution in [0.5, 0.6) is 0 Å². The predicted molar refractivity (Wildman–Crippen MR) is 121 cm³/mol. The number of hydrogen-bond donors (Lipinski definition) is 0. The first-order chi connectivity index (χ1) is 12.9. The quantitative estimate of drug-likeness (QED) is 0.457. The summed E-state index contributed by atoms with van der Waals surface area (Å²) in [5.41, 5.74) is 1.36. The third kappa shape index (κ3) is 3.55. The summed E-state index contributed by atoms with van der Waals surface area (Å²) < 4.78 is 0. The van der Waals surface area contributed by atoms with Gasteiger partial charge < -0.3 is 0 Å². The molecule has 0 nitrogen and oxygen atoms in total. The van der Waals surface area contributed by atoms with Gasteiger partial charge in [0.05, 0.1) is 0 Å². The minimum absolute atomic E-state index is 0.672. The second-order valence-electron chi connectivity index (χ2n) is 12.0. The molecule has 0 bridgehead atoms.